The summed E-state index contributed by atoms with van der Waals surface area (Å²) in [4.78, 5) is 0. The van der Waals surface area contributed by atoms with Crippen LogP contribution < -0.4 is 0 Å². The standard InChI is InChI=1S/C14H13N3O2S/c1-2-7-16-13(15-17(9-18)14(16)20)12-8-10-5-3-4-6-11(10)19-12/h2-6,8,18H,1,7,9H2. The third kappa shape index (κ3) is 1.99. The van der Waals surface area contributed by atoms with Crippen molar-refractivity contribution in [2.75, 3.05) is 0 Å². The normalized spacial score (nSPS) is 11.1. The van der Waals surface area contributed by atoms with E-state index in [-0.39, 0.29) is 6.73 Å². The Bertz CT molecular complexity index is 795. The number of furan rings is 1. The summed E-state index contributed by atoms with van der Waals surface area (Å²) in [6.07, 6.45) is 1.73. The summed E-state index contributed by atoms with van der Waals surface area (Å²) < 4.78 is 9.35. The van der Waals surface area contributed by atoms with Gasteiger partial charge in [0.15, 0.2) is 11.6 Å². The first kappa shape index (κ1) is 12.8. The number of aliphatic hydroxyl groups excluding tert-OH is 1. The molecule has 3 rings (SSSR count). The minimum Gasteiger partial charge on any atom is -0.453 e. The van der Waals surface area contributed by atoms with E-state index in [0.717, 1.165) is 11.0 Å². The number of hydrogen-bond acceptors (Lipinski definition) is 4. The Morgan fingerprint density at radius 2 is 2.20 bits per heavy atom. The van der Waals surface area contributed by atoms with E-state index in [1.165, 1.54) is 4.68 Å². The molecule has 0 fully saturated rings. The molecule has 0 saturated heterocycles. The lowest BCUT2D eigenvalue weighted by Crippen LogP contribution is -2.01. The van der Waals surface area contributed by atoms with Crippen LogP contribution in [0.5, 0.6) is 0 Å². The first-order valence-corrected chi connectivity index (χ1v) is 6.53. The fourth-order valence-corrected chi connectivity index (χ4v) is 2.36. The number of rotatable bonds is 4. The minimum absolute atomic E-state index is 0.268. The van der Waals surface area contributed by atoms with Crippen LogP contribution in [0.25, 0.3) is 22.6 Å². The zero-order chi connectivity index (χ0) is 14.1. The van der Waals surface area contributed by atoms with E-state index in [2.05, 4.69) is 11.7 Å². The number of benzene rings is 1. The molecule has 6 heteroatoms. The summed E-state index contributed by atoms with van der Waals surface area (Å²) in [6, 6.07) is 9.64. The molecule has 3 aromatic rings. The molecule has 2 heterocycles. The summed E-state index contributed by atoms with van der Waals surface area (Å²) in [5.74, 6) is 1.20. The Balaban J connectivity index is 2.22. The van der Waals surface area contributed by atoms with Gasteiger partial charge in [0.25, 0.3) is 0 Å². The van der Waals surface area contributed by atoms with E-state index in [0.29, 0.717) is 22.9 Å². The molecule has 0 atom stereocenters. The zero-order valence-corrected chi connectivity index (χ0v) is 11.5. The van der Waals surface area contributed by atoms with Crippen molar-refractivity contribution in [3.8, 4) is 11.6 Å². The smallest absolute Gasteiger partial charge is 0.200 e. The Morgan fingerprint density at radius 1 is 1.40 bits per heavy atom. The van der Waals surface area contributed by atoms with Crippen molar-refractivity contribution < 1.29 is 9.52 Å². The van der Waals surface area contributed by atoms with E-state index in [1.54, 1.807) is 10.6 Å². The summed E-state index contributed by atoms with van der Waals surface area (Å²) in [5.41, 5.74) is 0.789. The van der Waals surface area contributed by atoms with Crippen LogP contribution in [0.2, 0.25) is 0 Å². The fourth-order valence-electron chi connectivity index (χ4n) is 2.10. The number of hydrogen-bond donors (Lipinski definition) is 1. The molecule has 102 valence electrons. The van der Waals surface area contributed by atoms with Crippen LogP contribution in [-0.2, 0) is 13.3 Å². The maximum atomic E-state index is 9.28. The molecule has 0 aliphatic rings. The molecule has 0 amide bonds. The lowest BCUT2D eigenvalue weighted by Gasteiger charge is -1.99. The van der Waals surface area contributed by atoms with E-state index >= 15 is 0 Å². The van der Waals surface area contributed by atoms with Crippen LogP contribution in [0.4, 0.5) is 0 Å². The number of nitrogens with zero attached hydrogens (tertiary/aromatic N) is 3. The second-order valence-corrected chi connectivity index (χ2v) is 4.66. The molecule has 0 aliphatic heterocycles. The highest BCUT2D eigenvalue weighted by atomic mass is 32.1. The van der Waals surface area contributed by atoms with Gasteiger partial charge >= 0.3 is 0 Å². The molecule has 0 aliphatic carbocycles. The third-order valence-corrected chi connectivity index (χ3v) is 3.45. The van der Waals surface area contributed by atoms with Crippen molar-refractivity contribution in [2.24, 2.45) is 0 Å². The SMILES string of the molecule is C=CCn1c(-c2cc3ccccc3o2)nn(CO)c1=S. The topological polar surface area (TPSA) is 56.1 Å². The summed E-state index contributed by atoms with van der Waals surface area (Å²) in [6.45, 7) is 3.95. The highest BCUT2D eigenvalue weighted by molar-refractivity contribution is 7.71. The van der Waals surface area contributed by atoms with Crippen LogP contribution in [0, 0.1) is 4.77 Å². The van der Waals surface area contributed by atoms with Gasteiger partial charge in [-0.2, -0.15) is 0 Å². The van der Waals surface area contributed by atoms with Gasteiger partial charge in [-0.3, -0.25) is 4.57 Å². The summed E-state index contributed by atoms with van der Waals surface area (Å²) in [5, 5.41) is 14.6. The lowest BCUT2D eigenvalue weighted by molar-refractivity contribution is 0.192. The number of aliphatic hydroxyl groups is 1. The molecular formula is C14H13N3O2S. The Morgan fingerprint density at radius 3 is 2.90 bits per heavy atom. The average Bonchev–Trinajstić information content (AvgIpc) is 3.01. The van der Waals surface area contributed by atoms with Gasteiger partial charge in [0.2, 0.25) is 4.77 Å². The van der Waals surface area contributed by atoms with Gasteiger partial charge in [-0.15, -0.1) is 11.7 Å². The maximum Gasteiger partial charge on any atom is 0.200 e. The van der Waals surface area contributed by atoms with Gasteiger partial charge in [0.1, 0.15) is 12.3 Å². The number of aromatic nitrogens is 3. The van der Waals surface area contributed by atoms with Gasteiger partial charge in [0.05, 0.1) is 0 Å². The molecule has 20 heavy (non-hydrogen) atoms. The number of para-hydroxylation sites is 1. The van der Waals surface area contributed by atoms with E-state index in [4.69, 9.17) is 16.6 Å². The van der Waals surface area contributed by atoms with Crippen molar-refractivity contribution in [1.82, 2.24) is 14.3 Å². The van der Waals surface area contributed by atoms with Gasteiger partial charge in [-0.1, -0.05) is 24.3 Å². The van der Waals surface area contributed by atoms with Crippen molar-refractivity contribution in [1.29, 1.82) is 0 Å². The second kappa shape index (κ2) is 5.07. The summed E-state index contributed by atoms with van der Waals surface area (Å²) >= 11 is 5.27. The largest absolute Gasteiger partial charge is 0.453 e. The molecule has 0 saturated carbocycles. The Kier molecular flexibility index (Phi) is 3.25. The van der Waals surface area contributed by atoms with Gasteiger partial charge in [-0.05, 0) is 24.4 Å². The summed E-state index contributed by atoms with van der Waals surface area (Å²) in [7, 11) is 0. The van der Waals surface area contributed by atoms with Crippen molar-refractivity contribution in [3.05, 3.63) is 47.8 Å². The Hall–Kier alpha value is -2.18. The molecule has 1 aromatic carbocycles. The van der Waals surface area contributed by atoms with Gasteiger partial charge < -0.3 is 9.52 Å². The predicted octanol–water partition coefficient (Wildman–Crippen LogP) is 2.96. The van der Waals surface area contributed by atoms with Crippen LogP contribution in [0.15, 0.2) is 47.4 Å². The monoisotopic (exact) mass is 287 g/mol. The first-order valence-electron chi connectivity index (χ1n) is 6.13. The highest BCUT2D eigenvalue weighted by Crippen LogP contribution is 2.27. The maximum absolute atomic E-state index is 9.28. The van der Waals surface area contributed by atoms with E-state index in [1.807, 2.05) is 30.3 Å². The zero-order valence-electron chi connectivity index (χ0n) is 10.7. The molecule has 1 N–H and O–H groups in total. The lowest BCUT2D eigenvalue weighted by atomic mass is 10.2. The average molecular weight is 287 g/mol. The second-order valence-electron chi connectivity index (χ2n) is 4.29. The van der Waals surface area contributed by atoms with Crippen LogP contribution in [0.3, 0.4) is 0 Å². The molecule has 0 radical (unpaired) electrons. The van der Waals surface area contributed by atoms with Gasteiger partial charge in [0, 0.05) is 11.9 Å². The van der Waals surface area contributed by atoms with E-state index in [9.17, 15) is 5.11 Å². The van der Waals surface area contributed by atoms with Crippen molar-refractivity contribution >= 4 is 23.2 Å². The quantitative estimate of drug-likeness (QED) is 0.592. The minimum atomic E-state index is -0.268. The first-order chi connectivity index (χ1) is 9.74. The van der Waals surface area contributed by atoms with Crippen molar-refractivity contribution in [2.45, 2.75) is 13.3 Å². The molecule has 0 bridgehead atoms. The third-order valence-electron chi connectivity index (χ3n) is 3.01. The predicted molar refractivity (Wildman–Crippen MR) is 78.7 cm³/mol. The van der Waals surface area contributed by atoms with Crippen LogP contribution in [0.1, 0.15) is 0 Å². The molecular weight excluding hydrogens is 274 g/mol. The number of fused-ring (bicyclic) bond motifs is 1. The molecule has 0 unspecified atom stereocenters. The van der Waals surface area contributed by atoms with Crippen LogP contribution in [-0.4, -0.2) is 19.5 Å². The van der Waals surface area contributed by atoms with Gasteiger partial charge in [-0.25, -0.2) is 4.68 Å². The van der Waals surface area contributed by atoms with E-state index < -0.39 is 0 Å². The molecule has 5 nitrogen and oxygen atoms in total. The molecule has 0 spiro atoms. The van der Waals surface area contributed by atoms with Crippen molar-refractivity contribution in [3.63, 3.8) is 0 Å². The fraction of sp³-hybridized carbons (Fsp3) is 0.143. The highest BCUT2D eigenvalue weighted by Gasteiger charge is 2.15. The molecule has 2 aromatic heterocycles. The number of allylic oxidation sites excluding steroid dienone is 1. The Labute approximate surface area is 120 Å². The van der Waals surface area contributed by atoms with Crippen LogP contribution >= 0.6 is 12.2 Å².